The van der Waals surface area contributed by atoms with E-state index >= 15 is 0 Å². The molecule has 1 fully saturated rings. The van der Waals surface area contributed by atoms with Crippen molar-refractivity contribution in [2.45, 2.75) is 51.5 Å². The van der Waals surface area contributed by atoms with Crippen LogP contribution in [0.3, 0.4) is 0 Å². The third-order valence-corrected chi connectivity index (χ3v) is 5.22. The Morgan fingerprint density at radius 3 is 2.81 bits per heavy atom. The molecule has 1 aliphatic rings. The fraction of sp³-hybridized carbons (Fsp3) is 0.476. The highest BCUT2D eigenvalue weighted by atomic mass is 15.3. The average Bonchev–Trinajstić information content (AvgIpc) is 2.69. The number of rotatable bonds is 6. The lowest BCUT2D eigenvalue weighted by atomic mass is 9.95. The molecule has 5 heteroatoms. The number of hydrogen-bond donors (Lipinski definition) is 1. The molecule has 1 aromatic heterocycles. The van der Waals surface area contributed by atoms with Gasteiger partial charge in [-0.15, -0.1) is 0 Å². The molecular weight excluding hydrogens is 322 g/mol. The van der Waals surface area contributed by atoms with Crippen molar-refractivity contribution in [3.05, 3.63) is 47.2 Å². The van der Waals surface area contributed by atoms with Crippen LogP contribution < -0.4 is 10.2 Å². The fourth-order valence-electron chi connectivity index (χ4n) is 3.53. The molecular formula is C21H27N5. The van der Waals surface area contributed by atoms with Gasteiger partial charge in [0.05, 0.1) is 11.6 Å². The van der Waals surface area contributed by atoms with Crippen molar-refractivity contribution in [1.29, 1.82) is 5.26 Å². The van der Waals surface area contributed by atoms with Gasteiger partial charge in [0.25, 0.3) is 0 Å². The molecule has 0 bridgehead atoms. The SMILES string of the molecule is Cc1ccc(CCNc2ccnc(N(C)C3CCCCC3)n2)cc1C#N. The zero-order valence-corrected chi connectivity index (χ0v) is 15.7. The molecule has 1 aromatic carbocycles. The largest absolute Gasteiger partial charge is 0.370 e. The first-order valence-corrected chi connectivity index (χ1v) is 9.47. The van der Waals surface area contributed by atoms with Crippen molar-refractivity contribution >= 4 is 11.8 Å². The maximum absolute atomic E-state index is 9.15. The maximum atomic E-state index is 9.15. The second kappa shape index (κ2) is 8.66. The van der Waals surface area contributed by atoms with Crippen LogP contribution in [0.1, 0.15) is 48.8 Å². The smallest absolute Gasteiger partial charge is 0.227 e. The molecule has 0 aliphatic heterocycles. The number of nitrogens with zero attached hydrogens (tertiary/aromatic N) is 4. The molecule has 1 heterocycles. The van der Waals surface area contributed by atoms with E-state index < -0.39 is 0 Å². The van der Waals surface area contributed by atoms with E-state index in [9.17, 15) is 0 Å². The molecule has 3 rings (SSSR count). The summed E-state index contributed by atoms with van der Waals surface area (Å²) < 4.78 is 0. The number of aromatic nitrogens is 2. The van der Waals surface area contributed by atoms with Gasteiger partial charge in [-0.2, -0.15) is 10.2 Å². The molecule has 0 spiro atoms. The van der Waals surface area contributed by atoms with Crippen LogP contribution in [0.25, 0.3) is 0 Å². The van der Waals surface area contributed by atoms with E-state index in [2.05, 4.69) is 39.4 Å². The van der Waals surface area contributed by atoms with Gasteiger partial charge in [0.2, 0.25) is 5.95 Å². The minimum absolute atomic E-state index is 0.552. The van der Waals surface area contributed by atoms with Crippen molar-refractivity contribution in [1.82, 2.24) is 9.97 Å². The first-order chi connectivity index (χ1) is 12.7. The molecule has 0 radical (unpaired) electrons. The zero-order valence-electron chi connectivity index (χ0n) is 15.7. The van der Waals surface area contributed by atoms with Crippen molar-refractivity contribution in [2.24, 2.45) is 0 Å². The standard InChI is InChI=1S/C21H27N5/c1-16-8-9-17(14-18(16)15-22)10-12-23-20-11-13-24-21(25-20)26(2)19-6-4-3-5-7-19/h8-9,11,13-14,19H,3-7,10,12H2,1-2H3,(H,23,24,25). The maximum Gasteiger partial charge on any atom is 0.227 e. The van der Waals surface area contributed by atoms with Gasteiger partial charge in [0, 0.05) is 25.8 Å². The van der Waals surface area contributed by atoms with Crippen LogP contribution in [-0.2, 0) is 6.42 Å². The third kappa shape index (κ3) is 4.51. The highest BCUT2D eigenvalue weighted by molar-refractivity contribution is 5.43. The molecule has 136 valence electrons. The van der Waals surface area contributed by atoms with Crippen molar-refractivity contribution in [3.63, 3.8) is 0 Å². The minimum atomic E-state index is 0.552. The Balaban J connectivity index is 1.58. The molecule has 26 heavy (non-hydrogen) atoms. The Kier molecular flexibility index (Phi) is 6.06. The zero-order chi connectivity index (χ0) is 18.4. The first kappa shape index (κ1) is 18.2. The Labute approximate surface area is 156 Å². The second-order valence-electron chi connectivity index (χ2n) is 7.08. The van der Waals surface area contributed by atoms with E-state index in [4.69, 9.17) is 5.26 Å². The van der Waals surface area contributed by atoms with E-state index in [1.165, 1.54) is 32.1 Å². The first-order valence-electron chi connectivity index (χ1n) is 9.47. The molecule has 0 amide bonds. The number of nitrogens with one attached hydrogen (secondary N) is 1. The summed E-state index contributed by atoms with van der Waals surface area (Å²) in [7, 11) is 2.10. The van der Waals surface area contributed by atoms with Gasteiger partial charge in [-0.3, -0.25) is 0 Å². The minimum Gasteiger partial charge on any atom is -0.370 e. The highest BCUT2D eigenvalue weighted by Crippen LogP contribution is 2.24. The van der Waals surface area contributed by atoms with Crippen LogP contribution in [0.5, 0.6) is 0 Å². The Morgan fingerprint density at radius 2 is 2.04 bits per heavy atom. The van der Waals surface area contributed by atoms with E-state index in [1.807, 2.05) is 31.3 Å². The van der Waals surface area contributed by atoms with Crippen LogP contribution in [0, 0.1) is 18.3 Å². The van der Waals surface area contributed by atoms with Gasteiger partial charge in [0.15, 0.2) is 0 Å². The molecule has 0 unspecified atom stereocenters. The summed E-state index contributed by atoms with van der Waals surface area (Å²) in [6, 6.07) is 10.8. The monoisotopic (exact) mass is 349 g/mol. The van der Waals surface area contributed by atoms with Crippen molar-refractivity contribution < 1.29 is 0 Å². The number of hydrogen-bond acceptors (Lipinski definition) is 5. The summed E-state index contributed by atoms with van der Waals surface area (Å²) in [6.07, 6.45) is 9.08. The van der Waals surface area contributed by atoms with Gasteiger partial charge in [-0.1, -0.05) is 31.4 Å². The van der Waals surface area contributed by atoms with Crippen molar-refractivity contribution in [2.75, 3.05) is 23.8 Å². The average molecular weight is 349 g/mol. The number of nitriles is 1. The van der Waals surface area contributed by atoms with Crippen LogP contribution in [0.4, 0.5) is 11.8 Å². The van der Waals surface area contributed by atoms with Crippen molar-refractivity contribution in [3.8, 4) is 6.07 Å². The molecule has 0 atom stereocenters. The quantitative estimate of drug-likeness (QED) is 0.851. The predicted molar refractivity (Wildman–Crippen MR) is 105 cm³/mol. The summed E-state index contributed by atoms with van der Waals surface area (Å²) in [5.41, 5.74) is 2.93. The van der Waals surface area contributed by atoms with E-state index in [0.29, 0.717) is 6.04 Å². The van der Waals surface area contributed by atoms with Crippen LogP contribution in [-0.4, -0.2) is 29.6 Å². The van der Waals surface area contributed by atoms with Gasteiger partial charge in [-0.05, 0) is 49.4 Å². The normalized spacial score (nSPS) is 14.7. The number of anilines is 2. The lowest BCUT2D eigenvalue weighted by Crippen LogP contribution is -2.34. The summed E-state index contributed by atoms with van der Waals surface area (Å²) >= 11 is 0. The van der Waals surface area contributed by atoms with E-state index in [-0.39, 0.29) is 0 Å². The van der Waals surface area contributed by atoms with Gasteiger partial charge in [-0.25, -0.2) is 4.98 Å². The fourth-order valence-corrected chi connectivity index (χ4v) is 3.53. The summed E-state index contributed by atoms with van der Waals surface area (Å²) in [4.78, 5) is 11.4. The third-order valence-electron chi connectivity index (χ3n) is 5.22. The van der Waals surface area contributed by atoms with Gasteiger partial charge >= 0.3 is 0 Å². The van der Waals surface area contributed by atoms with E-state index in [0.717, 1.165) is 41.4 Å². The predicted octanol–water partition coefficient (Wildman–Crippen LogP) is 4.08. The molecule has 2 aromatic rings. The van der Waals surface area contributed by atoms with Gasteiger partial charge < -0.3 is 10.2 Å². The lowest BCUT2D eigenvalue weighted by Gasteiger charge is -2.31. The lowest BCUT2D eigenvalue weighted by molar-refractivity contribution is 0.424. The Bertz CT molecular complexity index is 774. The van der Waals surface area contributed by atoms with Gasteiger partial charge in [0.1, 0.15) is 5.82 Å². The summed E-state index contributed by atoms with van der Waals surface area (Å²) in [6.45, 7) is 2.74. The molecule has 0 saturated heterocycles. The topological polar surface area (TPSA) is 64.8 Å². The van der Waals surface area contributed by atoms with Crippen LogP contribution >= 0.6 is 0 Å². The second-order valence-corrected chi connectivity index (χ2v) is 7.08. The molecule has 1 N–H and O–H groups in total. The molecule has 1 saturated carbocycles. The molecule has 1 aliphatic carbocycles. The Hall–Kier alpha value is -2.61. The van der Waals surface area contributed by atoms with Crippen LogP contribution in [0.2, 0.25) is 0 Å². The number of benzene rings is 1. The van der Waals surface area contributed by atoms with Crippen LogP contribution in [0.15, 0.2) is 30.5 Å². The summed E-state index contributed by atoms with van der Waals surface area (Å²) in [5.74, 6) is 1.65. The number of aryl methyl sites for hydroxylation is 1. The van der Waals surface area contributed by atoms with E-state index in [1.54, 1.807) is 0 Å². The highest BCUT2D eigenvalue weighted by Gasteiger charge is 2.20. The summed E-state index contributed by atoms with van der Waals surface area (Å²) in [5, 5.41) is 12.5. The Morgan fingerprint density at radius 1 is 1.23 bits per heavy atom. The molecule has 5 nitrogen and oxygen atoms in total.